The quantitative estimate of drug-likeness (QED) is 0.773. The molecular formula is C16H26O4S. The number of aliphatic hydroxyl groups excluding tert-OH is 2. The molecule has 1 aromatic rings. The summed E-state index contributed by atoms with van der Waals surface area (Å²) >= 11 is 0. The van der Waals surface area contributed by atoms with Crippen molar-refractivity contribution < 1.29 is 18.6 Å². The molecule has 2 N–H and O–H groups in total. The van der Waals surface area contributed by atoms with Crippen LogP contribution in [0.25, 0.3) is 0 Å². The monoisotopic (exact) mass is 314 g/mol. The van der Waals surface area contributed by atoms with Crippen molar-refractivity contribution in [2.24, 2.45) is 0 Å². The van der Waals surface area contributed by atoms with Crippen molar-refractivity contribution in [2.75, 3.05) is 5.75 Å². The van der Waals surface area contributed by atoms with E-state index < -0.39 is 22.0 Å². The Bertz CT molecular complexity index is 539. The lowest BCUT2D eigenvalue weighted by molar-refractivity contribution is 0.00953. The van der Waals surface area contributed by atoms with E-state index in [1.165, 1.54) is 0 Å². The van der Waals surface area contributed by atoms with Gasteiger partial charge in [0, 0.05) is 0 Å². The van der Waals surface area contributed by atoms with Crippen molar-refractivity contribution in [1.82, 2.24) is 0 Å². The van der Waals surface area contributed by atoms with Gasteiger partial charge < -0.3 is 10.2 Å². The van der Waals surface area contributed by atoms with Crippen molar-refractivity contribution in [3.63, 3.8) is 0 Å². The second kappa shape index (κ2) is 7.92. The maximum atomic E-state index is 12.1. The molecule has 3 unspecified atom stereocenters. The summed E-state index contributed by atoms with van der Waals surface area (Å²) in [5, 5.41) is 19.5. The minimum Gasteiger partial charge on any atom is -0.390 e. The van der Waals surface area contributed by atoms with Gasteiger partial charge in [-0.25, -0.2) is 8.42 Å². The van der Waals surface area contributed by atoms with Crippen LogP contribution < -0.4 is 0 Å². The maximum absolute atomic E-state index is 12.1. The number of hydrogen-bond acceptors (Lipinski definition) is 4. The van der Waals surface area contributed by atoms with E-state index >= 15 is 0 Å². The van der Waals surface area contributed by atoms with Crippen LogP contribution in [0.4, 0.5) is 0 Å². The number of sulfone groups is 1. The predicted octanol–water partition coefficient (Wildman–Crippen LogP) is 2.50. The van der Waals surface area contributed by atoms with E-state index in [0.717, 1.165) is 5.56 Å². The second-order valence-corrected chi connectivity index (χ2v) is 7.68. The van der Waals surface area contributed by atoms with Crippen LogP contribution in [0.15, 0.2) is 29.2 Å². The standard InChI is InChI=1S/C16H26O4S/c1-4-9-21(19,20)14-8-6-7-13(11-14)12(3)10-16(18)15(17)5-2/h6-8,11-12,15-18H,4-5,9-10H2,1-3H3. The van der Waals surface area contributed by atoms with Crippen LogP contribution in [0.2, 0.25) is 0 Å². The van der Waals surface area contributed by atoms with Crippen molar-refractivity contribution in [3.05, 3.63) is 29.8 Å². The van der Waals surface area contributed by atoms with Crippen LogP contribution in [-0.4, -0.2) is 36.6 Å². The Morgan fingerprint density at radius 1 is 1.14 bits per heavy atom. The Balaban J connectivity index is 2.90. The summed E-state index contributed by atoms with van der Waals surface area (Å²) in [6, 6.07) is 6.89. The maximum Gasteiger partial charge on any atom is 0.178 e. The van der Waals surface area contributed by atoms with Gasteiger partial charge in [0.25, 0.3) is 0 Å². The highest BCUT2D eigenvalue weighted by atomic mass is 32.2. The van der Waals surface area contributed by atoms with Gasteiger partial charge in [0.2, 0.25) is 0 Å². The molecule has 0 saturated heterocycles. The Labute approximate surface area is 127 Å². The summed E-state index contributed by atoms with van der Waals surface area (Å²) in [6.07, 6.45) is -0.0328. The molecule has 0 aliphatic carbocycles. The second-order valence-electron chi connectivity index (χ2n) is 5.57. The van der Waals surface area contributed by atoms with E-state index in [2.05, 4.69) is 0 Å². The summed E-state index contributed by atoms with van der Waals surface area (Å²) in [5.74, 6) is 0.125. The van der Waals surface area contributed by atoms with Gasteiger partial charge in [-0.15, -0.1) is 0 Å². The van der Waals surface area contributed by atoms with E-state index in [9.17, 15) is 18.6 Å². The van der Waals surface area contributed by atoms with E-state index in [-0.39, 0.29) is 11.7 Å². The number of rotatable bonds is 8. The van der Waals surface area contributed by atoms with Crippen LogP contribution in [-0.2, 0) is 9.84 Å². The van der Waals surface area contributed by atoms with E-state index in [4.69, 9.17) is 0 Å². The van der Waals surface area contributed by atoms with Gasteiger partial charge in [0.1, 0.15) is 0 Å². The fourth-order valence-corrected chi connectivity index (χ4v) is 3.70. The molecule has 0 radical (unpaired) electrons. The van der Waals surface area contributed by atoms with Crippen LogP contribution in [0, 0.1) is 0 Å². The van der Waals surface area contributed by atoms with Gasteiger partial charge in [0.05, 0.1) is 22.9 Å². The lowest BCUT2D eigenvalue weighted by atomic mass is 9.92. The Hall–Kier alpha value is -0.910. The summed E-state index contributed by atoms with van der Waals surface area (Å²) in [6.45, 7) is 5.58. The molecule has 21 heavy (non-hydrogen) atoms. The molecule has 0 saturated carbocycles. The summed E-state index contributed by atoms with van der Waals surface area (Å²) in [4.78, 5) is 0.333. The van der Waals surface area contributed by atoms with Crippen LogP contribution in [0.5, 0.6) is 0 Å². The molecule has 0 aromatic heterocycles. The third kappa shape index (κ3) is 5.09. The van der Waals surface area contributed by atoms with E-state index in [1.54, 1.807) is 18.2 Å². The first-order valence-corrected chi connectivity index (χ1v) is 9.15. The zero-order valence-corrected chi connectivity index (χ0v) is 13.8. The number of hydrogen-bond donors (Lipinski definition) is 2. The summed E-state index contributed by atoms with van der Waals surface area (Å²) in [5.41, 5.74) is 0.870. The molecule has 5 heteroatoms. The van der Waals surface area contributed by atoms with Crippen molar-refractivity contribution in [3.8, 4) is 0 Å². The minimum atomic E-state index is -3.23. The average Bonchev–Trinajstić information content (AvgIpc) is 2.46. The first kappa shape index (κ1) is 18.1. The fraction of sp³-hybridized carbons (Fsp3) is 0.625. The molecule has 0 aliphatic rings. The molecule has 0 amide bonds. The predicted molar refractivity (Wildman–Crippen MR) is 84.1 cm³/mol. The topological polar surface area (TPSA) is 74.6 Å². The smallest absolute Gasteiger partial charge is 0.178 e. The van der Waals surface area contributed by atoms with Crippen LogP contribution in [0.1, 0.15) is 51.5 Å². The van der Waals surface area contributed by atoms with E-state index in [1.807, 2.05) is 26.8 Å². The Morgan fingerprint density at radius 3 is 2.38 bits per heavy atom. The van der Waals surface area contributed by atoms with Crippen molar-refractivity contribution in [1.29, 1.82) is 0 Å². The first-order chi connectivity index (χ1) is 9.81. The van der Waals surface area contributed by atoms with Gasteiger partial charge in [-0.1, -0.05) is 32.9 Å². The molecule has 1 aromatic carbocycles. The molecule has 0 aliphatic heterocycles. The third-order valence-electron chi connectivity index (χ3n) is 3.72. The molecule has 4 nitrogen and oxygen atoms in total. The number of aliphatic hydroxyl groups is 2. The Kier molecular flexibility index (Phi) is 6.84. The molecule has 3 atom stereocenters. The van der Waals surface area contributed by atoms with Gasteiger partial charge >= 0.3 is 0 Å². The highest BCUT2D eigenvalue weighted by molar-refractivity contribution is 7.91. The Morgan fingerprint density at radius 2 is 1.81 bits per heavy atom. The lowest BCUT2D eigenvalue weighted by Crippen LogP contribution is -2.26. The van der Waals surface area contributed by atoms with Gasteiger partial charge in [-0.3, -0.25) is 0 Å². The lowest BCUT2D eigenvalue weighted by Gasteiger charge is -2.21. The van der Waals surface area contributed by atoms with Crippen molar-refractivity contribution in [2.45, 2.75) is 63.1 Å². The van der Waals surface area contributed by atoms with Crippen LogP contribution in [0.3, 0.4) is 0 Å². The summed E-state index contributed by atoms with van der Waals surface area (Å²) < 4.78 is 24.2. The van der Waals surface area contributed by atoms with Crippen molar-refractivity contribution >= 4 is 9.84 Å². The normalized spacial score (nSPS) is 16.4. The zero-order chi connectivity index (χ0) is 16.0. The summed E-state index contributed by atoms with van der Waals surface area (Å²) in [7, 11) is -3.23. The third-order valence-corrected chi connectivity index (χ3v) is 5.63. The van der Waals surface area contributed by atoms with E-state index in [0.29, 0.717) is 24.2 Å². The van der Waals surface area contributed by atoms with Gasteiger partial charge in [-0.2, -0.15) is 0 Å². The molecule has 1 rings (SSSR count). The average molecular weight is 314 g/mol. The molecular weight excluding hydrogens is 288 g/mol. The molecule has 0 spiro atoms. The molecule has 0 heterocycles. The number of benzene rings is 1. The molecule has 0 bridgehead atoms. The fourth-order valence-electron chi connectivity index (χ4n) is 2.33. The largest absolute Gasteiger partial charge is 0.390 e. The minimum absolute atomic E-state index is 0.0158. The molecule has 0 fully saturated rings. The molecule has 120 valence electrons. The first-order valence-electron chi connectivity index (χ1n) is 7.50. The zero-order valence-electron chi connectivity index (χ0n) is 13.0. The van der Waals surface area contributed by atoms with Gasteiger partial charge in [0.15, 0.2) is 9.84 Å². The highest BCUT2D eigenvalue weighted by Crippen LogP contribution is 2.25. The van der Waals surface area contributed by atoms with Crippen LogP contribution >= 0.6 is 0 Å². The highest BCUT2D eigenvalue weighted by Gasteiger charge is 2.20. The van der Waals surface area contributed by atoms with Gasteiger partial charge in [-0.05, 0) is 42.9 Å². The SMILES string of the molecule is CCCS(=O)(=O)c1cccc(C(C)CC(O)C(O)CC)c1.